The third kappa shape index (κ3) is 6.51. The fourth-order valence-corrected chi connectivity index (χ4v) is 3.89. The van der Waals surface area contributed by atoms with E-state index in [1.807, 2.05) is 0 Å². The third-order valence-electron chi connectivity index (χ3n) is 5.61. The second-order valence-corrected chi connectivity index (χ2v) is 7.81. The second-order valence-electron chi connectivity index (χ2n) is 7.81. The van der Waals surface area contributed by atoms with Crippen LogP contribution in [0.15, 0.2) is 29.3 Å². The predicted molar refractivity (Wildman–Crippen MR) is 126 cm³/mol. The molecule has 1 unspecified atom stereocenters. The molecule has 2 saturated heterocycles. The van der Waals surface area contributed by atoms with E-state index in [1.54, 1.807) is 0 Å². The van der Waals surface area contributed by atoms with Crippen molar-refractivity contribution in [3.05, 3.63) is 29.8 Å². The molecule has 28 heavy (non-hydrogen) atoms. The van der Waals surface area contributed by atoms with E-state index in [2.05, 4.69) is 48.3 Å². The van der Waals surface area contributed by atoms with E-state index < -0.39 is 0 Å². The van der Waals surface area contributed by atoms with Crippen LogP contribution in [0.4, 0.5) is 0 Å². The molecule has 2 fully saturated rings. The number of likely N-dealkylation sites (tertiary alicyclic amines) is 1. The van der Waals surface area contributed by atoms with Crippen LogP contribution in [-0.2, 0) is 11.2 Å². The van der Waals surface area contributed by atoms with Crippen molar-refractivity contribution in [3.63, 3.8) is 0 Å². The van der Waals surface area contributed by atoms with Crippen LogP contribution in [0.3, 0.4) is 0 Å². The van der Waals surface area contributed by atoms with Crippen molar-refractivity contribution in [1.82, 2.24) is 10.2 Å². The van der Waals surface area contributed by atoms with Gasteiger partial charge in [0, 0.05) is 38.2 Å². The number of benzene rings is 1. The summed E-state index contributed by atoms with van der Waals surface area (Å²) in [5.74, 6) is 2.02. The van der Waals surface area contributed by atoms with E-state index in [0.29, 0.717) is 5.41 Å². The predicted octanol–water partition coefficient (Wildman–Crippen LogP) is 4.10. The molecule has 158 valence electrons. The number of unbranched alkanes of at least 4 members (excludes halogenated alkanes) is 1. The minimum absolute atomic E-state index is 0. The van der Waals surface area contributed by atoms with Crippen LogP contribution >= 0.6 is 24.0 Å². The Morgan fingerprint density at radius 1 is 1.25 bits per heavy atom. The molecule has 2 aliphatic rings. The summed E-state index contributed by atoms with van der Waals surface area (Å²) in [5.41, 5.74) is 1.67. The fraction of sp³-hybridized carbons (Fsp3) is 0.682. The highest BCUT2D eigenvalue weighted by molar-refractivity contribution is 14.0. The Hall–Kier alpha value is -1.02. The van der Waals surface area contributed by atoms with Crippen molar-refractivity contribution in [2.24, 2.45) is 10.4 Å². The number of hydrogen-bond donors (Lipinski definition) is 1. The summed E-state index contributed by atoms with van der Waals surface area (Å²) in [5, 5.41) is 3.47. The van der Waals surface area contributed by atoms with Crippen LogP contribution in [0.2, 0.25) is 0 Å². The lowest BCUT2D eigenvalue weighted by atomic mass is 9.87. The normalized spacial score (nSPS) is 21.8. The molecule has 6 heteroatoms. The second kappa shape index (κ2) is 11.9. The molecule has 1 aromatic rings. The van der Waals surface area contributed by atoms with Crippen LogP contribution in [0.25, 0.3) is 0 Å². The zero-order chi connectivity index (χ0) is 19.0. The molecule has 0 aromatic heterocycles. The lowest BCUT2D eigenvalue weighted by Gasteiger charge is -2.25. The fourth-order valence-electron chi connectivity index (χ4n) is 3.89. The average molecular weight is 501 g/mol. The van der Waals surface area contributed by atoms with Crippen molar-refractivity contribution < 1.29 is 9.47 Å². The molecular weight excluding hydrogens is 465 g/mol. The molecular formula is C22H36IN3O2. The van der Waals surface area contributed by atoms with E-state index in [-0.39, 0.29) is 24.0 Å². The molecule has 1 N–H and O–H groups in total. The molecule has 2 heterocycles. The average Bonchev–Trinajstić information content (AvgIpc) is 3.32. The monoisotopic (exact) mass is 501 g/mol. The number of halogens is 1. The molecule has 1 atom stereocenters. The Labute approximate surface area is 187 Å². The number of nitrogens with zero attached hydrogens (tertiary/aromatic N) is 2. The number of rotatable bonds is 8. The van der Waals surface area contributed by atoms with Gasteiger partial charge in [0.25, 0.3) is 0 Å². The highest BCUT2D eigenvalue weighted by Crippen LogP contribution is 2.38. The van der Waals surface area contributed by atoms with Crippen molar-refractivity contribution >= 4 is 29.9 Å². The largest absolute Gasteiger partial charge is 0.494 e. The van der Waals surface area contributed by atoms with Gasteiger partial charge in [-0.05, 0) is 50.3 Å². The number of nitrogens with one attached hydrogen (secondary N) is 1. The first-order chi connectivity index (χ1) is 13.2. The summed E-state index contributed by atoms with van der Waals surface area (Å²) in [7, 11) is 0. The number of ether oxygens (including phenoxy) is 2. The summed E-state index contributed by atoms with van der Waals surface area (Å²) in [4.78, 5) is 7.31. The maximum Gasteiger partial charge on any atom is 0.193 e. The van der Waals surface area contributed by atoms with Gasteiger partial charge in [0.2, 0.25) is 0 Å². The third-order valence-corrected chi connectivity index (χ3v) is 5.61. The van der Waals surface area contributed by atoms with Gasteiger partial charge < -0.3 is 19.7 Å². The highest BCUT2D eigenvalue weighted by Gasteiger charge is 2.42. The van der Waals surface area contributed by atoms with E-state index in [1.165, 1.54) is 18.4 Å². The SMILES string of the molecule is CCCCOc1ccc(CCN=C(NCC)N2CCC3(CCOC3)C2)cc1.I. The molecule has 1 spiro atoms. The van der Waals surface area contributed by atoms with Gasteiger partial charge in [-0.3, -0.25) is 4.99 Å². The molecule has 0 radical (unpaired) electrons. The van der Waals surface area contributed by atoms with Gasteiger partial charge in [-0.1, -0.05) is 25.5 Å². The smallest absolute Gasteiger partial charge is 0.193 e. The van der Waals surface area contributed by atoms with Gasteiger partial charge in [-0.15, -0.1) is 24.0 Å². The lowest BCUT2D eigenvalue weighted by molar-refractivity contribution is 0.156. The highest BCUT2D eigenvalue weighted by atomic mass is 127. The van der Waals surface area contributed by atoms with Crippen LogP contribution in [0.5, 0.6) is 5.75 Å². The summed E-state index contributed by atoms with van der Waals surface area (Å²) >= 11 is 0. The van der Waals surface area contributed by atoms with Gasteiger partial charge in [-0.25, -0.2) is 0 Å². The first-order valence-electron chi connectivity index (χ1n) is 10.6. The van der Waals surface area contributed by atoms with Gasteiger partial charge in [-0.2, -0.15) is 0 Å². The molecule has 1 aromatic carbocycles. The van der Waals surface area contributed by atoms with Gasteiger partial charge >= 0.3 is 0 Å². The standard InChI is InChI=1S/C22H35N3O2.HI/c1-3-5-15-27-20-8-6-19(7-9-20)10-13-24-21(23-4-2)25-14-11-22(17-25)12-16-26-18-22;/h6-9H,3-5,10-18H2,1-2H3,(H,23,24);1H. The summed E-state index contributed by atoms with van der Waals surface area (Å²) in [6.45, 7) is 10.8. The van der Waals surface area contributed by atoms with Crippen molar-refractivity contribution in [3.8, 4) is 5.75 Å². The van der Waals surface area contributed by atoms with Crippen molar-refractivity contribution in [2.75, 3.05) is 46.0 Å². The number of guanidine groups is 1. The molecule has 2 aliphatic heterocycles. The summed E-state index contributed by atoms with van der Waals surface area (Å²) in [6, 6.07) is 8.46. The van der Waals surface area contributed by atoms with Crippen molar-refractivity contribution in [2.45, 2.75) is 46.0 Å². The van der Waals surface area contributed by atoms with E-state index in [4.69, 9.17) is 14.5 Å². The van der Waals surface area contributed by atoms with E-state index in [0.717, 1.165) is 77.0 Å². The minimum atomic E-state index is 0. The van der Waals surface area contributed by atoms with Crippen LogP contribution in [-0.4, -0.2) is 56.9 Å². The lowest BCUT2D eigenvalue weighted by Crippen LogP contribution is -2.41. The minimum Gasteiger partial charge on any atom is -0.494 e. The van der Waals surface area contributed by atoms with Crippen LogP contribution in [0.1, 0.15) is 45.1 Å². The first kappa shape index (κ1) is 23.3. The number of aliphatic imine (C=N–C) groups is 1. The topological polar surface area (TPSA) is 46.1 Å². The van der Waals surface area contributed by atoms with Gasteiger partial charge in [0.15, 0.2) is 5.96 Å². The molecule has 5 nitrogen and oxygen atoms in total. The first-order valence-corrected chi connectivity index (χ1v) is 10.6. The Morgan fingerprint density at radius 3 is 2.75 bits per heavy atom. The maximum atomic E-state index is 5.73. The zero-order valence-corrected chi connectivity index (χ0v) is 19.7. The Morgan fingerprint density at radius 2 is 2.07 bits per heavy atom. The molecule has 0 amide bonds. The van der Waals surface area contributed by atoms with Gasteiger partial charge in [0.1, 0.15) is 5.75 Å². The Balaban J connectivity index is 0.00000280. The maximum absolute atomic E-state index is 5.73. The Bertz CT molecular complexity index is 600. The molecule has 3 rings (SSSR count). The van der Waals surface area contributed by atoms with Crippen LogP contribution < -0.4 is 10.1 Å². The van der Waals surface area contributed by atoms with E-state index in [9.17, 15) is 0 Å². The molecule has 0 aliphatic carbocycles. The quantitative estimate of drug-likeness (QED) is 0.252. The zero-order valence-electron chi connectivity index (χ0n) is 17.4. The summed E-state index contributed by atoms with van der Waals surface area (Å²) < 4.78 is 11.4. The van der Waals surface area contributed by atoms with Gasteiger partial charge in [0.05, 0.1) is 13.2 Å². The van der Waals surface area contributed by atoms with Crippen molar-refractivity contribution in [1.29, 1.82) is 0 Å². The van der Waals surface area contributed by atoms with E-state index >= 15 is 0 Å². The van der Waals surface area contributed by atoms with Crippen LogP contribution in [0, 0.1) is 5.41 Å². The Kier molecular flexibility index (Phi) is 9.85. The molecule has 0 saturated carbocycles. The number of hydrogen-bond acceptors (Lipinski definition) is 3. The molecule has 0 bridgehead atoms. The summed E-state index contributed by atoms with van der Waals surface area (Å²) in [6.07, 6.45) is 5.63.